The van der Waals surface area contributed by atoms with Gasteiger partial charge in [-0.05, 0) is 0 Å². The zero-order valence-corrected chi connectivity index (χ0v) is 13.7. The summed E-state index contributed by atoms with van der Waals surface area (Å²) in [5, 5.41) is 0. The van der Waals surface area contributed by atoms with Gasteiger partial charge in [-0.3, -0.25) is 14.4 Å². The highest BCUT2D eigenvalue weighted by molar-refractivity contribution is 5.67. The first-order valence-corrected chi connectivity index (χ1v) is 7.47. The summed E-state index contributed by atoms with van der Waals surface area (Å²) < 4.78 is 23.1. The maximum absolute atomic E-state index is 11.4. The fraction of sp³-hybridized carbons (Fsp3) is 0.600. The normalized spacial score (nSPS) is 26.5. The quantitative estimate of drug-likeness (QED) is 0.566. The van der Waals surface area contributed by atoms with Crippen molar-refractivity contribution in [3.63, 3.8) is 0 Å². The number of rotatable bonds is 5. The van der Waals surface area contributed by atoms with Crippen LogP contribution in [0.1, 0.15) is 33.4 Å². The van der Waals surface area contributed by atoms with Crippen LogP contribution in [-0.2, 0) is 33.3 Å². The summed E-state index contributed by atoms with van der Waals surface area (Å²) in [6.45, 7) is 3.65. The van der Waals surface area contributed by atoms with E-state index in [9.17, 15) is 14.4 Å². The highest BCUT2D eigenvalue weighted by Crippen LogP contribution is 2.31. The fourth-order valence-corrected chi connectivity index (χ4v) is 2.54. The maximum Gasteiger partial charge on any atom is 0.303 e. The van der Waals surface area contributed by atoms with Crippen LogP contribution in [0, 0.1) is 0 Å². The molecular formula is C15H20N2O7. The first-order valence-electron chi connectivity index (χ1n) is 7.47. The fourth-order valence-electron chi connectivity index (χ4n) is 2.54. The van der Waals surface area contributed by atoms with Crippen molar-refractivity contribution in [3.8, 4) is 0 Å². The molecule has 1 aliphatic heterocycles. The van der Waals surface area contributed by atoms with Gasteiger partial charge in [0.05, 0.1) is 6.33 Å². The van der Waals surface area contributed by atoms with E-state index >= 15 is 0 Å². The molecule has 0 bridgehead atoms. The van der Waals surface area contributed by atoms with Crippen LogP contribution >= 0.6 is 0 Å². The van der Waals surface area contributed by atoms with Crippen molar-refractivity contribution in [1.29, 1.82) is 0 Å². The number of carbonyl (C=O) groups excluding carboxylic acids is 3. The minimum Gasteiger partial charge on any atom is -0.463 e. The topological polar surface area (TPSA) is 106 Å². The first-order chi connectivity index (χ1) is 11.4. The van der Waals surface area contributed by atoms with Crippen LogP contribution in [0.2, 0.25) is 0 Å². The molecule has 1 fully saturated rings. The van der Waals surface area contributed by atoms with Gasteiger partial charge in [0.1, 0.15) is 25.0 Å². The zero-order valence-electron chi connectivity index (χ0n) is 13.7. The van der Waals surface area contributed by atoms with Crippen LogP contribution in [0.15, 0.2) is 18.7 Å². The summed E-state index contributed by atoms with van der Waals surface area (Å²) in [5.74, 6) is -1.54. The molecule has 9 heteroatoms. The Morgan fingerprint density at radius 1 is 1.17 bits per heavy atom. The van der Waals surface area contributed by atoms with Crippen molar-refractivity contribution >= 4 is 17.9 Å². The largest absolute Gasteiger partial charge is 0.463 e. The highest BCUT2D eigenvalue weighted by Gasteiger charge is 2.44. The van der Waals surface area contributed by atoms with Crippen LogP contribution in [0.4, 0.5) is 0 Å². The summed E-state index contributed by atoms with van der Waals surface area (Å²) in [6.07, 6.45) is 2.24. The second-order valence-corrected chi connectivity index (χ2v) is 5.40. The van der Waals surface area contributed by atoms with Gasteiger partial charge in [0.25, 0.3) is 0 Å². The average molecular weight is 340 g/mol. The van der Waals surface area contributed by atoms with Crippen LogP contribution in [0.3, 0.4) is 0 Å². The van der Waals surface area contributed by atoms with Crippen LogP contribution in [-0.4, -0.2) is 52.4 Å². The lowest BCUT2D eigenvalue weighted by atomic mass is 10.00. The molecule has 0 saturated carbocycles. The van der Waals surface area contributed by atoms with Gasteiger partial charge in [-0.2, -0.15) is 0 Å². The summed E-state index contributed by atoms with van der Waals surface area (Å²) in [7, 11) is 0. The molecule has 2 heterocycles. The lowest BCUT2D eigenvalue weighted by Gasteiger charge is -2.40. The summed E-state index contributed by atoms with van der Waals surface area (Å²) >= 11 is 0. The lowest BCUT2D eigenvalue weighted by molar-refractivity contribution is -0.227. The van der Waals surface area contributed by atoms with E-state index in [2.05, 4.69) is 4.98 Å². The van der Waals surface area contributed by atoms with Crippen LogP contribution in [0.25, 0.3) is 0 Å². The van der Waals surface area contributed by atoms with E-state index in [0.29, 0.717) is 0 Å². The molecule has 1 aromatic heterocycles. The Balaban J connectivity index is 2.23. The van der Waals surface area contributed by atoms with E-state index in [0.717, 1.165) is 0 Å². The molecule has 4 atom stereocenters. The Labute approximate surface area is 138 Å². The van der Waals surface area contributed by atoms with E-state index < -0.39 is 42.4 Å². The molecule has 1 aromatic rings. The smallest absolute Gasteiger partial charge is 0.303 e. The van der Waals surface area contributed by atoms with E-state index in [-0.39, 0.29) is 13.0 Å². The van der Waals surface area contributed by atoms with Crippen molar-refractivity contribution in [2.75, 3.05) is 6.61 Å². The molecule has 1 aliphatic rings. The van der Waals surface area contributed by atoms with Gasteiger partial charge in [-0.15, -0.1) is 0 Å². The van der Waals surface area contributed by atoms with Crippen LogP contribution < -0.4 is 0 Å². The second kappa shape index (κ2) is 7.91. The average Bonchev–Trinajstić information content (AvgIpc) is 3.00. The zero-order chi connectivity index (χ0) is 17.7. The van der Waals surface area contributed by atoms with Crippen molar-refractivity contribution in [2.24, 2.45) is 0 Å². The Morgan fingerprint density at radius 3 is 2.42 bits per heavy atom. The Kier molecular flexibility index (Phi) is 5.91. The number of imidazole rings is 1. The number of ether oxygens (including phenoxy) is 4. The van der Waals surface area contributed by atoms with Gasteiger partial charge in [0.15, 0.2) is 6.10 Å². The van der Waals surface area contributed by atoms with Crippen molar-refractivity contribution in [2.45, 2.75) is 51.7 Å². The second-order valence-electron chi connectivity index (χ2n) is 5.40. The van der Waals surface area contributed by atoms with Gasteiger partial charge < -0.3 is 23.5 Å². The summed E-state index contributed by atoms with van der Waals surface area (Å²) in [6, 6.07) is 0. The summed E-state index contributed by atoms with van der Waals surface area (Å²) in [4.78, 5) is 37.9. The molecule has 0 spiro atoms. The van der Waals surface area contributed by atoms with Gasteiger partial charge >= 0.3 is 17.9 Å². The van der Waals surface area contributed by atoms with Gasteiger partial charge in [0.2, 0.25) is 0 Å². The monoisotopic (exact) mass is 340 g/mol. The Morgan fingerprint density at radius 2 is 1.88 bits per heavy atom. The number of hydrogen-bond acceptors (Lipinski definition) is 8. The van der Waals surface area contributed by atoms with Crippen molar-refractivity contribution in [3.05, 3.63) is 18.7 Å². The third-order valence-corrected chi connectivity index (χ3v) is 3.43. The predicted molar refractivity (Wildman–Crippen MR) is 78.5 cm³/mol. The minimum absolute atomic E-state index is 0.129. The van der Waals surface area contributed by atoms with Gasteiger partial charge in [-0.25, -0.2) is 4.98 Å². The first kappa shape index (κ1) is 17.9. The van der Waals surface area contributed by atoms with E-state index in [1.165, 1.54) is 20.8 Å². The number of nitrogens with zero attached hydrogens (tertiary/aromatic N) is 2. The molecule has 2 rings (SSSR count). The summed E-state index contributed by atoms with van der Waals surface area (Å²) in [5.41, 5.74) is 0. The van der Waals surface area contributed by atoms with E-state index in [1.807, 2.05) is 0 Å². The molecule has 0 radical (unpaired) electrons. The molecule has 0 amide bonds. The third-order valence-electron chi connectivity index (χ3n) is 3.43. The Hall–Kier alpha value is -2.42. The number of carbonyl (C=O) groups is 3. The maximum atomic E-state index is 11.4. The molecule has 1 unspecified atom stereocenters. The van der Waals surface area contributed by atoms with E-state index in [4.69, 9.17) is 18.9 Å². The highest BCUT2D eigenvalue weighted by atomic mass is 16.6. The SMILES string of the molecule is CC(=O)OC[C@H]1OC(n2ccnc2)C[C@@H](OC(C)=O)[C@@H]1OC(C)=O. The molecule has 9 nitrogen and oxygen atoms in total. The van der Waals surface area contributed by atoms with Gasteiger partial charge in [-0.1, -0.05) is 0 Å². The number of hydrogen-bond donors (Lipinski definition) is 0. The molecule has 24 heavy (non-hydrogen) atoms. The number of aromatic nitrogens is 2. The Bertz CT molecular complexity index is 587. The van der Waals surface area contributed by atoms with Gasteiger partial charge in [0, 0.05) is 39.6 Å². The minimum atomic E-state index is -0.870. The molecule has 0 aromatic carbocycles. The number of esters is 3. The molecule has 1 saturated heterocycles. The van der Waals surface area contributed by atoms with Crippen LogP contribution in [0.5, 0.6) is 0 Å². The predicted octanol–water partition coefficient (Wildman–Crippen LogP) is 0.597. The van der Waals surface area contributed by atoms with Crippen molar-refractivity contribution < 1.29 is 33.3 Å². The molecule has 0 N–H and O–H groups in total. The molecule has 0 aliphatic carbocycles. The molecule has 132 valence electrons. The lowest BCUT2D eigenvalue weighted by Crippen LogP contribution is -2.52. The van der Waals surface area contributed by atoms with Crippen molar-refractivity contribution in [1.82, 2.24) is 9.55 Å². The molecular weight excluding hydrogens is 320 g/mol. The standard InChI is InChI=1S/C15H20N2O7/c1-9(18)21-7-13-15(23-11(3)20)12(22-10(2)19)6-14(24-13)17-5-4-16-8-17/h4-5,8,12-15H,6-7H2,1-3H3/t12-,13-,14?,15+/m1/s1. The van der Waals surface area contributed by atoms with E-state index in [1.54, 1.807) is 23.3 Å². The third kappa shape index (κ3) is 4.79.